The van der Waals surface area contributed by atoms with Crippen molar-refractivity contribution in [1.82, 2.24) is 31.9 Å². The van der Waals surface area contributed by atoms with E-state index < -0.39 is 6.04 Å². The number of rotatable bonds is 21. The molecule has 9 heteroatoms. The molecule has 0 aromatic carbocycles. The first-order chi connectivity index (χ1) is 15.4. The molecular weight excluding hydrogens is 408 g/mol. The molecule has 0 bridgehead atoms. The van der Waals surface area contributed by atoms with E-state index in [0.29, 0.717) is 13.0 Å². The Morgan fingerprint density at radius 3 is 1.47 bits per heavy atom. The molecule has 0 aromatic heterocycles. The number of amides is 2. The van der Waals surface area contributed by atoms with Crippen LogP contribution in [0.4, 0.5) is 0 Å². The molecule has 0 heterocycles. The fourth-order valence-corrected chi connectivity index (χ4v) is 3.57. The van der Waals surface area contributed by atoms with Crippen LogP contribution in [-0.4, -0.2) is 83.5 Å². The fourth-order valence-electron chi connectivity index (χ4n) is 3.57. The Morgan fingerprint density at radius 2 is 1.03 bits per heavy atom. The summed E-state index contributed by atoms with van der Waals surface area (Å²) in [6.07, 6.45) is 7.62. The monoisotopic (exact) mass is 456 g/mol. The molecule has 2 amide bonds. The van der Waals surface area contributed by atoms with E-state index >= 15 is 0 Å². The molecule has 0 rings (SSSR count). The van der Waals surface area contributed by atoms with Crippen LogP contribution in [0.5, 0.6) is 0 Å². The van der Waals surface area contributed by atoms with Crippen molar-refractivity contribution in [2.24, 2.45) is 0 Å². The first-order valence-corrected chi connectivity index (χ1v) is 12.1. The van der Waals surface area contributed by atoms with E-state index in [-0.39, 0.29) is 29.7 Å². The predicted molar refractivity (Wildman–Crippen MR) is 131 cm³/mol. The summed E-state index contributed by atoms with van der Waals surface area (Å²) >= 11 is 0. The predicted octanol–water partition coefficient (Wildman–Crippen LogP) is 0.302. The summed E-state index contributed by atoms with van der Waals surface area (Å²) in [7, 11) is 7.42. The average Bonchev–Trinajstić information content (AvgIpc) is 2.77. The zero-order chi connectivity index (χ0) is 24.2. The van der Waals surface area contributed by atoms with Crippen LogP contribution >= 0.6 is 0 Å². The van der Waals surface area contributed by atoms with Gasteiger partial charge in [-0.25, -0.2) is 0 Å². The van der Waals surface area contributed by atoms with Gasteiger partial charge in [-0.15, -0.1) is 0 Å². The smallest absolute Gasteiger partial charge is 0.237 e. The number of carbonyl (C=O) groups excluding carboxylic acids is 3. The summed E-state index contributed by atoms with van der Waals surface area (Å²) in [5.41, 5.74) is 0. The summed E-state index contributed by atoms with van der Waals surface area (Å²) in [5.74, 6) is -0.145. The second-order valence-electron chi connectivity index (χ2n) is 8.34. The number of hydrogen-bond acceptors (Lipinski definition) is 7. The molecular formula is C23H48N6O3. The molecule has 3 unspecified atom stereocenters. The van der Waals surface area contributed by atoms with E-state index in [1.54, 1.807) is 7.05 Å². The molecule has 9 nitrogen and oxygen atoms in total. The van der Waals surface area contributed by atoms with Gasteiger partial charge in [0.05, 0.1) is 18.1 Å². The Kier molecular flexibility index (Phi) is 19.1. The zero-order valence-electron chi connectivity index (χ0n) is 20.9. The minimum absolute atomic E-state index is 0.0171. The van der Waals surface area contributed by atoms with Crippen molar-refractivity contribution >= 4 is 17.6 Å². The highest BCUT2D eigenvalue weighted by Gasteiger charge is 2.22. The van der Waals surface area contributed by atoms with Crippen LogP contribution in [0.2, 0.25) is 0 Å². The maximum absolute atomic E-state index is 12.6. The van der Waals surface area contributed by atoms with Gasteiger partial charge < -0.3 is 31.9 Å². The van der Waals surface area contributed by atoms with Crippen molar-refractivity contribution < 1.29 is 14.4 Å². The molecule has 0 fully saturated rings. The lowest BCUT2D eigenvalue weighted by molar-refractivity contribution is -0.128. The van der Waals surface area contributed by atoms with Crippen LogP contribution < -0.4 is 31.9 Å². The topological polar surface area (TPSA) is 123 Å². The van der Waals surface area contributed by atoms with Gasteiger partial charge in [-0.05, 0) is 93.1 Å². The molecule has 0 aromatic rings. The van der Waals surface area contributed by atoms with Gasteiger partial charge in [-0.2, -0.15) is 0 Å². The normalized spacial score (nSPS) is 13.9. The number of hydrogen-bond donors (Lipinski definition) is 6. The van der Waals surface area contributed by atoms with Gasteiger partial charge in [0.1, 0.15) is 0 Å². The van der Waals surface area contributed by atoms with E-state index in [2.05, 4.69) is 31.9 Å². The van der Waals surface area contributed by atoms with E-state index in [9.17, 15) is 14.4 Å². The van der Waals surface area contributed by atoms with Crippen LogP contribution in [0.15, 0.2) is 0 Å². The largest absolute Gasteiger partial charge is 0.355 e. The molecule has 0 aliphatic carbocycles. The van der Waals surface area contributed by atoms with E-state index in [1.807, 2.05) is 21.1 Å². The number of carbonyl (C=O) groups is 3. The molecule has 0 saturated carbocycles. The molecule has 32 heavy (non-hydrogen) atoms. The summed E-state index contributed by atoms with van der Waals surface area (Å²) in [6.45, 7) is 3.96. The number of Topliss-reactive ketones (excluding diaryl/α,β-unsaturated/α-hetero) is 1. The number of nitrogens with one attached hydrogen (secondary N) is 6. The van der Waals surface area contributed by atoms with Gasteiger partial charge in [0.25, 0.3) is 0 Å². The van der Waals surface area contributed by atoms with E-state index in [4.69, 9.17) is 0 Å². The van der Waals surface area contributed by atoms with Gasteiger partial charge >= 0.3 is 0 Å². The summed E-state index contributed by atoms with van der Waals surface area (Å²) in [6, 6.07) is -0.953. The Labute approximate surface area is 195 Å². The molecule has 0 aliphatic rings. The summed E-state index contributed by atoms with van der Waals surface area (Å²) < 4.78 is 0. The maximum Gasteiger partial charge on any atom is 0.237 e. The highest BCUT2D eigenvalue weighted by molar-refractivity contribution is 5.89. The molecule has 0 radical (unpaired) electrons. The zero-order valence-corrected chi connectivity index (χ0v) is 20.9. The quantitative estimate of drug-likeness (QED) is 0.137. The van der Waals surface area contributed by atoms with Gasteiger partial charge in [-0.1, -0.05) is 12.8 Å². The van der Waals surface area contributed by atoms with Crippen LogP contribution in [0, 0.1) is 0 Å². The highest BCUT2D eigenvalue weighted by Crippen LogP contribution is 2.06. The molecule has 188 valence electrons. The van der Waals surface area contributed by atoms with Crippen LogP contribution in [0.1, 0.15) is 64.7 Å². The average molecular weight is 457 g/mol. The minimum atomic E-state index is -0.483. The SMILES string of the molecule is CNCCCCC(NC)C(=O)NCCCCC(NC(=O)C(CCCCNC)NC)C(C)=O. The molecule has 3 atom stereocenters. The third kappa shape index (κ3) is 14.5. The Bertz CT molecular complexity index is 518. The first-order valence-electron chi connectivity index (χ1n) is 12.1. The minimum Gasteiger partial charge on any atom is -0.355 e. The van der Waals surface area contributed by atoms with Crippen LogP contribution in [0.3, 0.4) is 0 Å². The Hall–Kier alpha value is -1.55. The number of ketones is 1. The van der Waals surface area contributed by atoms with Gasteiger partial charge in [0.2, 0.25) is 11.8 Å². The van der Waals surface area contributed by atoms with Crippen molar-refractivity contribution in [3.63, 3.8) is 0 Å². The number of likely N-dealkylation sites (N-methyl/N-ethyl adjacent to an activating group) is 2. The fraction of sp³-hybridized carbons (Fsp3) is 0.870. The van der Waals surface area contributed by atoms with E-state index in [0.717, 1.165) is 64.5 Å². The van der Waals surface area contributed by atoms with Crippen molar-refractivity contribution in [2.45, 2.75) is 82.8 Å². The molecule has 6 N–H and O–H groups in total. The third-order valence-corrected chi connectivity index (χ3v) is 5.70. The van der Waals surface area contributed by atoms with Gasteiger partial charge in [0.15, 0.2) is 5.78 Å². The molecule has 0 spiro atoms. The highest BCUT2D eigenvalue weighted by atomic mass is 16.2. The van der Waals surface area contributed by atoms with Crippen molar-refractivity contribution in [1.29, 1.82) is 0 Å². The lowest BCUT2D eigenvalue weighted by Crippen LogP contribution is -2.49. The van der Waals surface area contributed by atoms with Crippen molar-refractivity contribution in [3.8, 4) is 0 Å². The lowest BCUT2D eigenvalue weighted by Gasteiger charge is -2.21. The standard InChI is InChI=1S/C23H48N6O3/c1-18(30)19(29-23(32)21(27-5)14-7-10-16-25-3)12-8-11-17-28-22(31)20(26-4)13-6-9-15-24-2/h19-21,24-27H,6-17H2,1-5H3,(H,28,31)(H,29,32). The molecule has 0 aliphatic heterocycles. The summed E-state index contributed by atoms with van der Waals surface area (Å²) in [5, 5.41) is 18.2. The first kappa shape index (κ1) is 30.4. The maximum atomic E-state index is 12.6. The lowest BCUT2D eigenvalue weighted by atomic mass is 10.0. The van der Waals surface area contributed by atoms with Gasteiger partial charge in [-0.3, -0.25) is 14.4 Å². The van der Waals surface area contributed by atoms with Crippen molar-refractivity contribution in [2.75, 3.05) is 47.8 Å². The third-order valence-electron chi connectivity index (χ3n) is 5.70. The van der Waals surface area contributed by atoms with Crippen molar-refractivity contribution in [3.05, 3.63) is 0 Å². The Balaban J connectivity index is 4.27. The summed E-state index contributed by atoms with van der Waals surface area (Å²) in [4.78, 5) is 36.9. The second-order valence-corrected chi connectivity index (χ2v) is 8.34. The Morgan fingerprint density at radius 1 is 0.594 bits per heavy atom. The van der Waals surface area contributed by atoms with E-state index in [1.165, 1.54) is 6.92 Å². The second kappa shape index (κ2) is 20.1. The van der Waals surface area contributed by atoms with Crippen LogP contribution in [-0.2, 0) is 14.4 Å². The van der Waals surface area contributed by atoms with Crippen LogP contribution in [0.25, 0.3) is 0 Å². The number of unbranched alkanes of at least 4 members (excludes halogenated alkanes) is 3. The molecule has 0 saturated heterocycles. The van der Waals surface area contributed by atoms with Gasteiger partial charge in [0, 0.05) is 6.54 Å².